The van der Waals surface area contributed by atoms with Crippen LogP contribution in [0.1, 0.15) is 29.6 Å². The van der Waals surface area contributed by atoms with Crippen molar-refractivity contribution >= 4 is 11.8 Å². The third kappa shape index (κ3) is 2.55. The standard InChI is InChI=1S/C16H20N2O2/c1-17(15(19)12-5-3-2-4-6-12)14-9-10-18(11-14)16(20)13-7-8-13/h2-6,13-14H,7-11H2,1H3. The molecule has 2 fully saturated rings. The van der Waals surface area contributed by atoms with Crippen LogP contribution in [0.2, 0.25) is 0 Å². The van der Waals surface area contributed by atoms with Crippen molar-refractivity contribution in [3.05, 3.63) is 35.9 Å². The average molecular weight is 272 g/mol. The number of likely N-dealkylation sites (N-methyl/N-ethyl adjacent to an activating group) is 1. The van der Waals surface area contributed by atoms with Crippen molar-refractivity contribution in [1.82, 2.24) is 9.80 Å². The summed E-state index contributed by atoms with van der Waals surface area (Å²) < 4.78 is 0. The lowest BCUT2D eigenvalue weighted by molar-refractivity contribution is -0.131. The van der Waals surface area contributed by atoms with Crippen LogP contribution in [0.3, 0.4) is 0 Å². The molecule has 1 atom stereocenters. The second-order valence-corrected chi connectivity index (χ2v) is 5.78. The lowest BCUT2D eigenvalue weighted by Crippen LogP contribution is -2.40. The first-order chi connectivity index (χ1) is 9.66. The van der Waals surface area contributed by atoms with Crippen LogP contribution in [0.4, 0.5) is 0 Å². The number of benzene rings is 1. The summed E-state index contributed by atoms with van der Waals surface area (Å²) >= 11 is 0. The topological polar surface area (TPSA) is 40.6 Å². The molecule has 3 rings (SSSR count). The summed E-state index contributed by atoms with van der Waals surface area (Å²) in [5, 5.41) is 0. The first-order valence-corrected chi connectivity index (χ1v) is 7.28. The fourth-order valence-corrected chi connectivity index (χ4v) is 2.80. The zero-order valence-electron chi connectivity index (χ0n) is 11.8. The Labute approximate surface area is 119 Å². The second kappa shape index (κ2) is 5.27. The van der Waals surface area contributed by atoms with Crippen molar-refractivity contribution in [3.8, 4) is 0 Å². The monoisotopic (exact) mass is 272 g/mol. The Hall–Kier alpha value is -1.84. The predicted octanol–water partition coefficient (Wildman–Crippen LogP) is 1.77. The molecule has 1 aliphatic heterocycles. The van der Waals surface area contributed by atoms with E-state index in [1.807, 2.05) is 42.3 Å². The van der Waals surface area contributed by atoms with Gasteiger partial charge < -0.3 is 9.80 Å². The number of carbonyl (C=O) groups is 2. The summed E-state index contributed by atoms with van der Waals surface area (Å²) in [6, 6.07) is 9.46. The molecular weight excluding hydrogens is 252 g/mol. The molecule has 20 heavy (non-hydrogen) atoms. The molecular formula is C16H20N2O2. The quantitative estimate of drug-likeness (QED) is 0.841. The van der Waals surface area contributed by atoms with Crippen molar-refractivity contribution in [1.29, 1.82) is 0 Å². The molecule has 1 aliphatic carbocycles. The fourth-order valence-electron chi connectivity index (χ4n) is 2.80. The molecule has 1 saturated heterocycles. The van der Waals surface area contributed by atoms with E-state index in [2.05, 4.69) is 0 Å². The van der Waals surface area contributed by atoms with Gasteiger partial charge in [-0.05, 0) is 31.4 Å². The molecule has 0 spiro atoms. The molecule has 1 aromatic carbocycles. The zero-order chi connectivity index (χ0) is 14.1. The molecule has 2 amide bonds. The maximum atomic E-state index is 12.4. The minimum atomic E-state index is 0.0383. The van der Waals surface area contributed by atoms with Gasteiger partial charge in [0.1, 0.15) is 0 Å². The van der Waals surface area contributed by atoms with Crippen LogP contribution < -0.4 is 0 Å². The van der Waals surface area contributed by atoms with E-state index in [0.717, 1.165) is 25.8 Å². The smallest absolute Gasteiger partial charge is 0.253 e. The van der Waals surface area contributed by atoms with E-state index in [1.165, 1.54) is 0 Å². The van der Waals surface area contributed by atoms with E-state index in [9.17, 15) is 9.59 Å². The molecule has 106 valence electrons. The fraction of sp³-hybridized carbons (Fsp3) is 0.500. The number of amides is 2. The van der Waals surface area contributed by atoms with Crippen LogP contribution in [-0.4, -0.2) is 47.8 Å². The van der Waals surface area contributed by atoms with Crippen molar-refractivity contribution in [2.45, 2.75) is 25.3 Å². The van der Waals surface area contributed by atoms with Gasteiger partial charge in [-0.15, -0.1) is 0 Å². The molecule has 1 unspecified atom stereocenters. The van der Waals surface area contributed by atoms with Gasteiger partial charge in [0.05, 0.1) is 6.04 Å². The highest BCUT2D eigenvalue weighted by Gasteiger charge is 2.38. The minimum Gasteiger partial charge on any atom is -0.340 e. The summed E-state index contributed by atoms with van der Waals surface area (Å²) in [4.78, 5) is 28.1. The molecule has 0 N–H and O–H groups in total. The molecule has 0 aromatic heterocycles. The number of hydrogen-bond donors (Lipinski definition) is 0. The Morgan fingerprint density at radius 3 is 2.50 bits per heavy atom. The Kier molecular flexibility index (Phi) is 3.47. The maximum Gasteiger partial charge on any atom is 0.253 e. The average Bonchev–Trinajstić information content (AvgIpc) is 3.23. The van der Waals surface area contributed by atoms with Crippen LogP contribution in [-0.2, 0) is 4.79 Å². The molecule has 1 saturated carbocycles. The summed E-state index contributed by atoms with van der Waals surface area (Å²) in [5.74, 6) is 0.591. The van der Waals surface area contributed by atoms with Crippen molar-refractivity contribution in [2.75, 3.05) is 20.1 Å². The van der Waals surface area contributed by atoms with E-state index in [1.54, 1.807) is 4.90 Å². The largest absolute Gasteiger partial charge is 0.340 e. The Morgan fingerprint density at radius 2 is 1.85 bits per heavy atom. The minimum absolute atomic E-state index is 0.0383. The van der Waals surface area contributed by atoms with Gasteiger partial charge in [0.25, 0.3) is 5.91 Å². The number of rotatable bonds is 3. The summed E-state index contributed by atoms with van der Waals surface area (Å²) in [5.41, 5.74) is 0.710. The van der Waals surface area contributed by atoms with Crippen LogP contribution >= 0.6 is 0 Å². The lowest BCUT2D eigenvalue weighted by Gasteiger charge is -2.25. The highest BCUT2D eigenvalue weighted by Crippen LogP contribution is 2.32. The Balaban J connectivity index is 1.62. The number of nitrogens with zero attached hydrogens (tertiary/aromatic N) is 2. The van der Waals surface area contributed by atoms with Crippen LogP contribution in [0, 0.1) is 5.92 Å². The van der Waals surface area contributed by atoms with Gasteiger partial charge in [0.15, 0.2) is 0 Å². The third-order valence-corrected chi connectivity index (χ3v) is 4.29. The third-order valence-electron chi connectivity index (χ3n) is 4.29. The zero-order valence-corrected chi connectivity index (χ0v) is 11.8. The van der Waals surface area contributed by atoms with Gasteiger partial charge in [-0.2, -0.15) is 0 Å². The Morgan fingerprint density at radius 1 is 1.15 bits per heavy atom. The summed E-state index contributed by atoms with van der Waals surface area (Å²) in [6.45, 7) is 1.47. The summed E-state index contributed by atoms with van der Waals surface area (Å²) in [6.07, 6.45) is 2.96. The van der Waals surface area contributed by atoms with Gasteiger partial charge in [0, 0.05) is 31.6 Å². The molecule has 2 aliphatic rings. The SMILES string of the molecule is CN(C(=O)c1ccccc1)C1CCN(C(=O)C2CC2)C1. The predicted molar refractivity (Wildman–Crippen MR) is 76.2 cm³/mol. The Bertz CT molecular complexity index is 510. The van der Waals surface area contributed by atoms with Gasteiger partial charge in [-0.3, -0.25) is 9.59 Å². The highest BCUT2D eigenvalue weighted by molar-refractivity contribution is 5.94. The van der Waals surface area contributed by atoms with E-state index >= 15 is 0 Å². The van der Waals surface area contributed by atoms with E-state index in [4.69, 9.17) is 0 Å². The molecule has 1 aromatic rings. The van der Waals surface area contributed by atoms with Gasteiger partial charge in [0.2, 0.25) is 5.91 Å². The van der Waals surface area contributed by atoms with Crippen LogP contribution in [0.15, 0.2) is 30.3 Å². The summed E-state index contributed by atoms with van der Waals surface area (Å²) in [7, 11) is 1.84. The second-order valence-electron chi connectivity index (χ2n) is 5.78. The van der Waals surface area contributed by atoms with E-state index in [0.29, 0.717) is 12.1 Å². The molecule has 4 nitrogen and oxygen atoms in total. The van der Waals surface area contributed by atoms with Gasteiger partial charge >= 0.3 is 0 Å². The number of likely N-dealkylation sites (tertiary alicyclic amines) is 1. The molecule has 1 heterocycles. The maximum absolute atomic E-state index is 12.4. The van der Waals surface area contributed by atoms with Crippen LogP contribution in [0.5, 0.6) is 0 Å². The van der Waals surface area contributed by atoms with Gasteiger partial charge in [-0.25, -0.2) is 0 Å². The first-order valence-electron chi connectivity index (χ1n) is 7.28. The normalized spacial score (nSPS) is 21.9. The van der Waals surface area contributed by atoms with E-state index in [-0.39, 0.29) is 23.8 Å². The van der Waals surface area contributed by atoms with Gasteiger partial charge in [-0.1, -0.05) is 18.2 Å². The van der Waals surface area contributed by atoms with Crippen LogP contribution in [0.25, 0.3) is 0 Å². The van der Waals surface area contributed by atoms with Crippen molar-refractivity contribution < 1.29 is 9.59 Å². The molecule has 0 bridgehead atoms. The highest BCUT2D eigenvalue weighted by atomic mass is 16.2. The molecule has 0 radical (unpaired) electrons. The van der Waals surface area contributed by atoms with Crippen molar-refractivity contribution in [2.24, 2.45) is 5.92 Å². The lowest BCUT2D eigenvalue weighted by atomic mass is 10.1. The molecule has 4 heteroatoms. The van der Waals surface area contributed by atoms with Crippen molar-refractivity contribution in [3.63, 3.8) is 0 Å². The number of hydrogen-bond acceptors (Lipinski definition) is 2. The first kappa shape index (κ1) is 13.2. The van der Waals surface area contributed by atoms with E-state index < -0.39 is 0 Å². The number of carbonyl (C=O) groups excluding carboxylic acids is 2.